The summed E-state index contributed by atoms with van der Waals surface area (Å²) in [5, 5.41) is 0. The Kier molecular flexibility index (Phi) is 5.15. The summed E-state index contributed by atoms with van der Waals surface area (Å²) in [5.41, 5.74) is 7.43. The number of hydrogen-bond acceptors (Lipinski definition) is 5. The van der Waals surface area contributed by atoms with Gasteiger partial charge in [0.05, 0.1) is 17.9 Å². The molecule has 0 spiro atoms. The Bertz CT molecular complexity index is 647. The van der Waals surface area contributed by atoms with Crippen LogP contribution in [0.2, 0.25) is 0 Å². The Labute approximate surface area is 131 Å². The topological polar surface area (TPSA) is 96.6 Å². The number of carbonyl (C=O) groups is 1. The first-order valence-electron chi connectivity index (χ1n) is 7.14. The van der Waals surface area contributed by atoms with Gasteiger partial charge in [-0.1, -0.05) is 6.07 Å². The zero-order valence-electron chi connectivity index (χ0n) is 12.9. The molecule has 0 radical (unpaired) electrons. The monoisotopic (exact) mass is 326 g/mol. The van der Waals surface area contributed by atoms with Crippen molar-refractivity contribution < 1.29 is 13.2 Å². The minimum atomic E-state index is -3.34. The van der Waals surface area contributed by atoms with Crippen LogP contribution >= 0.6 is 0 Å². The molecule has 1 saturated heterocycles. The predicted molar refractivity (Wildman–Crippen MR) is 83.4 cm³/mol. The smallest absolute Gasteiger partial charge is 0.223 e. The fourth-order valence-corrected chi connectivity index (χ4v) is 3.44. The maximum absolute atomic E-state index is 11.8. The molecule has 1 unspecified atom stereocenters. The highest BCUT2D eigenvalue weighted by Crippen LogP contribution is 2.15. The molecular weight excluding hydrogens is 304 g/mol. The zero-order valence-corrected chi connectivity index (χ0v) is 13.7. The van der Waals surface area contributed by atoms with Gasteiger partial charge in [0.2, 0.25) is 15.9 Å². The highest BCUT2D eigenvalue weighted by Gasteiger charge is 2.30. The van der Waals surface area contributed by atoms with Gasteiger partial charge in [-0.05, 0) is 18.6 Å². The first kappa shape index (κ1) is 16.9. The first-order chi connectivity index (χ1) is 10.3. The molecule has 1 amide bonds. The second-order valence-corrected chi connectivity index (χ2v) is 7.70. The number of aryl methyl sites for hydroxylation is 1. The van der Waals surface area contributed by atoms with E-state index >= 15 is 0 Å². The van der Waals surface area contributed by atoms with Crippen LogP contribution in [0.3, 0.4) is 0 Å². The van der Waals surface area contributed by atoms with Crippen molar-refractivity contribution in [2.24, 2.45) is 11.7 Å². The number of nitrogens with two attached hydrogens (primary N) is 1. The summed E-state index contributed by atoms with van der Waals surface area (Å²) in [6.07, 6.45) is 2.89. The number of rotatable bonds is 4. The summed E-state index contributed by atoms with van der Waals surface area (Å²) in [5.74, 6) is -0.987. The molecule has 0 aromatic carbocycles. The van der Waals surface area contributed by atoms with Gasteiger partial charge in [0.1, 0.15) is 0 Å². The normalized spacial score (nSPS) is 21.5. The number of sulfonamides is 1. The number of amides is 1. The Morgan fingerprint density at radius 2 is 2.14 bits per heavy atom. The van der Waals surface area contributed by atoms with Gasteiger partial charge in [0.15, 0.2) is 0 Å². The highest BCUT2D eigenvalue weighted by molar-refractivity contribution is 7.88. The molecule has 0 saturated carbocycles. The van der Waals surface area contributed by atoms with Crippen LogP contribution in [-0.2, 0) is 21.4 Å². The molecule has 8 heteroatoms. The molecule has 2 rings (SSSR count). The lowest BCUT2D eigenvalue weighted by atomic mass is 10.1. The van der Waals surface area contributed by atoms with Crippen LogP contribution in [0, 0.1) is 12.8 Å². The van der Waals surface area contributed by atoms with E-state index in [1.165, 1.54) is 4.31 Å². The van der Waals surface area contributed by atoms with E-state index in [2.05, 4.69) is 4.98 Å². The van der Waals surface area contributed by atoms with Gasteiger partial charge in [-0.2, -0.15) is 0 Å². The van der Waals surface area contributed by atoms with Crippen molar-refractivity contribution in [3.05, 3.63) is 29.6 Å². The van der Waals surface area contributed by atoms with Crippen LogP contribution in [0.15, 0.2) is 18.3 Å². The van der Waals surface area contributed by atoms with Crippen LogP contribution in [0.25, 0.3) is 0 Å². The quantitative estimate of drug-likeness (QED) is 0.810. The molecule has 1 atom stereocenters. The van der Waals surface area contributed by atoms with E-state index in [9.17, 15) is 13.2 Å². The maximum atomic E-state index is 11.8. The van der Waals surface area contributed by atoms with Gasteiger partial charge in [0, 0.05) is 38.9 Å². The van der Waals surface area contributed by atoms with Gasteiger partial charge in [-0.25, -0.2) is 12.7 Å². The molecule has 1 aromatic heterocycles. The van der Waals surface area contributed by atoms with Crippen LogP contribution in [0.4, 0.5) is 0 Å². The highest BCUT2D eigenvalue weighted by atomic mass is 32.2. The average Bonchev–Trinajstić information content (AvgIpc) is 2.64. The van der Waals surface area contributed by atoms with E-state index in [0.717, 1.165) is 17.5 Å². The van der Waals surface area contributed by atoms with E-state index in [0.29, 0.717) is 26.2 Å². The van der Waals surface area contributed by atoms with Crippen LogP contribution in [0.1, 0.15) is 11.3 Å². The molecule has 2 heterocycles. The van der Waals surface area contributed by atoms with Crippen molar-refractivity contribution >= 4 is 15.9 Å². The van der Waals surface area contributed by atoms with Gasteiger partial charge in [0.25, 0.3) is 0 Å². The molecule has 0 bridgehead atoms. The lowest BCUT2D eigenvalue weighted by Crippen LogP contribution is -2.40. The maximum Gasteiger partial charge on any atom is 0.223 e. The van der Waals surface area contributed by atoms with Crippen molar-refractivity contribution in [2.45, 2.75) is 13.5 Å². The van der Waals surface area contributed by atoms with Crippen molar-refractivity contribution in [1.82, 2.24) is 14.2 Å². The summed E-state index contributed by atoms with van der Waals surface area (Å²) in [7, 11) is -3.34. The van der Waals surface area contributed by atoms with Gasteiger partial charge < -0.3 is 5.73 Å². The fraction of sp³-hybridized carbons (Fsp3) is 0.571. The molecular formula is C14H22N4O3S. The third-order valence-electron chi connectivity index (χ3n) is 3.93. The number of pyridine rings is 1. The molecule has 1 aliphatic rings. The van der Waals surface area contributed by atoms with Crippen molar-refractivity contribution in [2.75, 3.05) is 32.4 Å². The SMILES string of the molecule is Cc1cccnc1CN1CCN(S(C)(=O)=O)CC(C(N)=O)C1. The van der Waals surface area contributed by atoms with Crippen molar-refractivity contribution in [3.63, 3.8) is 0 Å². The largest absolute Gasteiger partial charge is 0.369 e. The minimum Gasteiger partial charge on any atom is -0.369 e. The lowest BCUT2D eigenvalue weighted by molar-refractivity contribution is -0.122. The van der Waals surface area contributed by atoms with Crippen LogP contribution < -0.4 is 5.73 Å². The third kappa shape index (κ3) is 4.25. The zero-order chi connectivity index (χ0) is 16.3. The van der Waals surface area contributed by atoms with E-state index in [1.807, 2.05) is 24.0 Å². The van der Waals surface area contributed by atoms with E-state index < -0.39 is 21.8 Å². The van der Waals surface area contributed by atoms with Gasteiger partial charge >= 0.3 is 0 Å². The fourth-order valence-electron chi connectivity index (χ4n) is 2.57. The molecule has 0 aliphatic carbocycles. The van der Waals surface area contributed by atoms with Gasteiger partial charge in [-0.3, -0.25) is 14.7 Å². The van der Waals surface area contributed by atoms with Crippen molar-refractivity contribution in [1.29, 1.82) is 0 Å². The molecule has 22 heavy (non-hydrogen) atoms. The predicted octanol–water partition coefficient (Wildman–Crippen LogP) is -0.431. The number of primary amides is 1. The van der Waals surface area contributed by atoms with E-state index in [-0.39, 0.29) is 6.54 Å². The number of hydrogen-bond donors (Lipinski definition) is 1. The second-order valence-electron chi connectivity index (χ2n) is 5.72. The summed E-state index contributed by atoms with van der Waals surface area (Å²) in [4.78, 5) is 18.0. The van der Waals surface area contributed by atoms with E-state index in [4.69, 9.17) is 5.73 Å². The lowest BCUT2D eigenvalue weighted by Gasteiger charge is -2.22. The molecule has 1 fully saturated rings. The average molecular weight is 326 g/mol. The third-order valence-corrected chi connectivity index (χ3v) is 5.20. The first-order valence-corrected chi connectivity index (χ1v) is 8.99. The van der Waals surface area contributed by atoms with Crippen LogP contribution in [0.5, 0.6) is 0 Å². The van der Waals surface area contributed by atoms with E-state index in [1.54, 1.807) is 6.20 Å². The number of nitrogens with zero attached hydrogens (tertiary/aromatic N) is 3. The van der Waals surface area contributed by atoms with Crippen LogP contribution in [-0.4, -0.2) is 60.9 Å². The molecule has 7 nitrogen and oxygen atoms in total. The summed E-state index contributed by atoms with van der Waals surface area (Å²) < 4.78 is 24.9. The number of carbonyl (C=O) groups excluding carboxylic acids is 1. The molecule has 1 aliphatic heterocycles. The second kappa shape index (κ2) is 6.72. The number of aromatic nitrogens is 1. The Morgan fingerprint density at radius 1 is 1.41 bits per heavy atom. The Hall–Kier alpha value is -1.51. The summed E-state index contributed by atoms with van der Waals surface area (Å²) in [6, 6.07) is 3.85. The summed E-state index contributed by atoms with van der Waals surface area (Å²) in [6.45, 7) is 4.05. The molecule has 122 valence electrons. The standard InChI is InChI=1S/C14H22N4O3S/c1-11-4-3-5-16-13(11)10-17-6-7-18(22(2,20)21)9-12(8-17)14(15)19/h3-5,12H,6-10H2,1-2H3,(H2,15,19). The van der Waals surface area contributed by atoms with Crippen molar-refractivity contribution in [3.8, 4) is 0 Å². The molecule has 1 aromatic rings. The minimum absolute atomic E-state index is 0.145. The van der Waals surface area contributed by atoms with Gasteiger partial charge in [-0.15, -0.1) is 0 Å². The Morgan fingerprint density at radius 3 is 2.73 bits per heavy atom. The summed E-state index contributed by atoms with van der Waals surface area (Å²) >= 11 is 0. The Balaban J connectivity index is 2.16. The molecule has 2 N–H and O–H groups in total.